The van der Waals surface area contributed by atoms with Crippen molar-refractivity contribution in [2.24, 2.45) is 28.5 Å². The zero-order chi connectivity index (χ0) is 41.5. The fraction of sp³-hybridized carbons (Fsp3) is 0.511. The fourth-order valence-corrected chi connectivity index (χ4v) is 9.35. The highest BCUT2D eigenvalue weighted by atomic mass is 16.2. The molecule has 1 heterocycles. The second kappa shape index (κ2) is 21.5. The molecule has 0 spiro atoms. The first-order valence-corrected chi connectivity index (χ1v) is 21.2. The average molecular weight is 792 g/mol. The largest absolute Gasteiger partial charge is 0.343 e. The van der Waals surface area contributed by atoms with Crippen molar-refractivity contribution in [3.05, 3.63) is 108 Å². The molecule has 1 aliphatic heterocycles. The van der Waals surface area contributed by atoms with Crippen molar-refractivity contribution in [1.82, 2.24) is 15.5 Å². The Hall–Kier alpha value is -4.55. The van der Waals surface area contributed by atoms with Gasteiger partial charge in [0, 0.05) is 6.54 Å². The Morgan fingerprint density at radius 2 is 1.34 bits per heavy atom. The first-order chi connectivity index (χ1) is 28.1. The molecule has 311 valence electrons. The lowest BCUT2D eigenvalue weighted by molar-refractivity contribution is -0.149. The number of nitrogens with one attached hydrogen (secondary N) is 2. The number of hydrogen-bond donors (Lipinski definition) is 5. The summed E-state index contributed by atoms with van der Waals surface area (Å²) in [6, 6.07) is 24.0. The molecule has 2 aliphatic rings. The van der Waals surface area contributed by atoms with Crippen molar-refractivity contribution < 1.29 is 24.0 Å². The van der Waals surface area contributed by atoms with Crippen LogP contribution in [0.15, 0.2) is 91.0 Å². The van der Waals surface area contributed by atoms with Crippen LogP contribution in [0.4, 0.5) is 0 Å². The first-order valence-electron chi connectivity index (χ1n) is 21.2. The van der Waals surface area contributed by atoms with Crippen LogP contribution < -0.4 is 27.8 Å². The number of unbranched alkanes of at least 4 members (excludes halogenated alkanes) is 1. The molecule has 1 unspecified atom stereocenters. The summed E-state index contributed by atoms with van der Waals surface area (Å²) >= 11 is 0. The van der Waals surface area contributed by atoms with Gasteiger partial charge >= 0.3 is 0 Å². The summed E-state index contributed by atoms with van der Waals surface area (Å²) in [6.45, 7) is 0.639. The second-order valence-electron chi connectivity index (χ2n) is 16.4. The molecule has 11 heteroatoms. The van der Waals surface area contributed by atoms with Crippen molar-refractivity contribution in [1.29, 1.82) is 0 Å². The molecule has 1 saturated carbocycles. The van der Waals surface area contributed by atoms with Crippen LogP contribution in [0.5, 0.6) is 0 Å². The van der Waals surface area contributed by atoms with Gasteiger partial charge in [-0.2, -0.15) is 0 Å². The van der Waals surface area contributed by atoms with E-state index in [0.717, 1.165) is 48.8 Å². The Balaban J connectivity index is 1.56. The van der Waals surface area contributed by atoms with Gasteiger partial charge in [-0.25, -0.2) is 0 Å². The predicted octanol–water partition coefficient (Wildman–Crippen LogP) is 4.14. The standard InChI is InChI=1S/C47H63N6O5/c1-51-47(42(55)38(49)29-34-17-6-2-7-18-34,46(33-54,31-36-21-10-4-11-22-36)32-37-23-12-5-13-24-37)43(56)41-26-16-28-53(41)45(58)40(25-14-15-27-48)52-44(57)39(50)30-35-19-8-3-9-20-35/h3-5,8-13,19-24,34,38-41,51H,2,6-7,14-18,25-32,48-50H2,1H3,(H,52,57)/t38-,39+,40+,41+,47?/m1/s1. The minimum Gasteiger partial charge on any atom is -0.343 e. The van der Waals surface area contributed by atoms with Crippen molar-refractivity contribution >= 4 is 29.7 Å². The summed E-state index contributed by atoms with van der Waals surface area (Å²) in [7, 11) is 1.54. The van der Waals surface area contributed by atoms with Crippen molar-refractivity contribution in [3.63, 3.8) is 0 Å². The van der Waals surface area contributed by atoms with Gasteiger partial charge < -0.3 is 32.7 Å². The van der Waals surface area contributed by atoms with Gasteiger partial charge in [-0.15, -0.1) is 0 Å². The summed E-state index contributed by atoms with van der Waals surface area (Å²) in [6.07, 6.45) is 10.3. The van der Waals surface area contributed by atoms with Gasteiger partial charge in [0.15, 0.2) is 17.1 Å². The predicted molar refractivity (Wildman–Crippen MR) is 227 cm³/mol. The molecule has 5 rings (SSSR count). The molecule has 11 nitrogen and oxygen atoms in total. The third-order valence-corrected chi connectivity index (χ3v) is 12.4. The van der Waals surface area contributed by atoms with Crippen LogP contribution in [0.1, 0.15) is 87.3 Å². The summed E-state index contributed by atoms with van der Waals surface area (Å²) in [5.74, 6) is -1.87. The molecule has 8 N–H and O–H groups in total. The average Bonchev–Trinajstić information content (AvgIpc) is 3.75. The zero-order valence-corrected chi connectivity index (χ0v) is 34.1. The van der Waals surface area contributed by atoms with Crippen LogP contribution in [0.3, 0.4) is 0 Å². The number of nitrogens with two attached hydrogens (primary N) is 3. The third-order valence-electron chi connectivity index (χ3n) is 12.4. The SMILES string of the molecule is CNC(C(=O)[C@H](N)CC1CCCCC1)(C(=O)[C@@H]1CCCN1C(=O)[C@H](CCCCN)NC(=O)[C@@H](N)Cc1ccccc1)C([C]=O)(Cc1ccccc1)Cc1ccccc1. The zero-order valence-electron chi connectivity index (χ0n) is 34.1. The number of nitrogens with zero attached hydrogens (tertiary/aromatic N) is 1. The number of Topliss-reactive ketones (excluding diaryl/α,β-unsaturated/α-hetero) is 2. The molecule has 2 fully saturated rings. The molecule has 0 aromatic heterocycles. The van der Waals surface area contributed by atoms with E-state index in [2.05, 4.69) is 16.9 Å². The lowest BCUT2D eigenvalue weighted by Gasteiger charge is -2.48. The van der Waals surface area contributed by atoms with Crippen LogP contribution in [0.2, 0.25) is 0 Å². The molecule has 3 aromatic carbocycles. The first kappa shape index (κ1) is 44.6. The summed E-state index contributed by atoms with van der Waals surface area (Å²) in [4.78, 5) is 75.0. The van der Waals surface area contributed by atoms with Crippen molar-refractivity contribution in [2.75, 3.05) is 20.1 Å². The molecule has 3 aromatic rings. The highest BCUT2D eigenvalue weighted by molar-refractivity contribution is 6.19. The molecule has 1 radical (unpaired) electrons. The number of carbonyl (C=O) groups is 4. The van der Waals surface area contributed by atoms with Crippen LogP contribution in [0, 0.1) is 11.3 Å². The second-order valence-corrected chi connectivity index (χ2v) is 16.4. The third kappa shape index (κ3) is 10.5. The Bertz CT molecular complexity index is 1750. The van der Waals surface area contributed by atoms with Gasteiger partial charge in [-0.3, -0.25) is 24.0 Å². The molecule has 58 heavy (non-hydrogen) atoms. The smallest absolute Gasteiger partial charge is 0.245 e. The van der Waals surface area contributed by atoms with Gasteiger partial charge in [0.25, 0.3) is 0 Å². The Morgan fingerprint density at radius 1 is 0.776 bits per heavy atom. The van der Waals surface area contributed by atoms with Gasteiger partial charge in [0.2, 0.25) is 18.1 Å². The van der Waals surface area contributed by atoms with E-state index in [1.54, 1.807) is 0 Å². The monoisotopic (exact) mass is 791 g/mol. The van der Waals surface area contributed by atoms with Crippen LogP contribution in [0.25, 0.3) is 0 Å². The van der Waals surface area contributed by atoms with E-state index >= 15 is 9.59 Å². The summed E-state index contributed by atoms with van der Waals surface area (Å²) in [5.41, 5.74) is 17.6. The number of amides is 2. The lowest BCUT2D eigenvalue weighted by Crippen LogP contribution is -2.75. The lowest BCUT2D eigenvalue weighted by atomic mass is 9.57. The minimum atomic E-state index is -2.17. The fourth-order valence-electron chi connectivity index (χ4n) is 9.35. The van der Waals surface area contributed by atoms with Crippen LogP contribution >= 0.6 is 0 Å². The maximum Gasteiger partial charge on any atom is 0.245 e. The number of hydrogen-bond acceptors (Lipinski definition) is 9. The van der Waals surface area contributed by atoms with E-state index in [1.165, 1.54) is 11.9 Å². The molecular formula is C47H63N6O5. The number of likely N-dealkylation sites (N-methyl/N-ethyl adjacent to an activating group) is 1. The van der Waals surface area contributed by atoms with E-state index in [4.69, 9.17) is 17.2 Å². The van der Waals surface area contributed by atoms with Gasteiger partial charge in [0.1, 0.15) is 6.04 Å². The topological polar surface area (TPSA) is 191 Å². The number of carbonyl (C=O) groups excluding carboxylic acids is 5. The van der Waals surface area contributed by atoms with E-state index in [0.29, 0.717) is 32.2 Å². The van der Waals surface area contributed by atoms with Gasteiger partial charge in [-0.1, -0.05) is 123 Å². The Kier molecular flexibility index (Phi) is 16.5. The molecule has 5 atom stereocenters. The molecule has 2 amide bonds. The van der Waals surface area contributed by atoms with E-state index in [1.807, 2.05) is 91.0 Å². The molecule has 0 bridgehead atoms. The number of benzene rings is 3. The van der Waals surface area contributed by atoms with Gasteiger partial charge in [-0.05, 0) is 94.0 Å². The number of ketones is 2. The van der Waals surface area contributed by atoms with Crippen LogP contribution in [-0.2, 0) is 43.2 Å². The summed E-state index contributed by atoms with van der Waals surface area (Å²) in [5, 5.41) is 6.07. The molecule has 1 saturated heterocycles. The quantitative estimate of drug-likeness (QED) is 0.0736. The maximum absolute atomic E-state index is 15.8. The van der Waals surface area contributed by atoms with Crippen molar-refractivity contribution in [3.8, 4) is 0 Å². The molecular weight excluding hydrogens is 729 g/mol. The summed E-state index contributed by atoms with van der Waals surface area (Å²) < 4.78 is 0. The van der Waals surface area contributed by atoms with E-state index < -0.39 is 58.5 Å². The molecule has 1 aliphatic carbocycles. The van der Waals surface area contributed by atoms with Gasteiger partial charge in [0.05, 0.1) is 23.5 Å². The van der Waals surface area contributed by atoms with E-state index in [9.17, 15) is 14.4 Å². The number of rotatable bonds is 22. The number of likely N-dealkylation sites (tertiary alicyclic amines) is 1. The van der Waals surface area contributed by atoms with Crippen molar-refractivity contribution in [2.45, 2.75) is 120 Å². The highest BCUT2D eigenvalue weighted by Gasteiger charge is 2.64. The minimum absolute atomic E-state index is 0.0123. The van der Waals surface area contributed by atoms with Crippen LogP contribution in [-0.4, -0.2) is 84.4 Å². The normalized spacial score (nSPS) is 18.8. The van der Waals surface area contributed by atoms with E-state index in [-0.39, 0.29) is 44.6 Å². The Morgan fingerprint density at radius 3 is 1.88 bits per heavy atom. The highest BCUT2D eigenvalue weighted by Crippen LogP contribution is 2.43. The Labute approximate surface area is 344 Å². The maximum atomic E-state index is 15.8.